The van der Waals surface area contributed by atoms with E-state index >= 15 is 0 Å². The van der Waals surface area contributed by atoms with Crippen LogP contribution in [0.5, 0.6) is 5.75 Å². The fourth-order valence-corrected chi connectivity index (χ4v) is 3.55. The zero-order valence-corrected chi connectivity index (χ0v) is 14.5. The van der Waals surface area contributed by atoms with Crippen molar-refractivity contribution in [1.82, 2.24) is 0 Å². The number of fused-ring (bicyclic) bond motifs is 1. The molecule has 0 aliphatic heterocycles. The lowest BCUT2D eigenvalue weighted by Crippen LogP contribution is -1.89. The van der Waals surface area contributed by atoms with E-state index in [9.17, 15) is 5.11 Å². The number of aromatic hydroxyl groups is 1. The van der Waals surface area contributed by atoms with Gasteiger partial charge in [-0.2, -0.15) is 0 Å². The molecule has 1 nitrogen and oxygen atoms in total. The highest BCUT2D eigenvalue weighted by Crippen LogP contribution is 2.39. The predicted octanol–water partition coefficient (Wildman–Crippen LogP) is 6.50. The normalized spacial score (nSPS) is 11.0. The Balaban J connectivity index is 1.91. The quantitative estimate of drug-likeness (QED) is 0.446. The molecule has 0 unspecified atom stereocenters. The van der Waals surface area contributed by atoms with Crippen LogP contribution in [0.25, 0.3) is 33.0 Å². The first-order valence-corrected chi connectivity index (χ1v) is 8.53. The van der Waals surface area contributed by atoms with Crippen molar-refractivity contribution in [2.75, 3.05) is 0 Å². The highest BCUT2D eigenvalue weighted by Gasteiger charge is 2.12. The third-order valence-corrected chi connectivity index (χ3v) is 4.86. The van der Waals surface area contributed by atoms with Gasteiger partial charge in [-0.1, -0.05) is 72.8 Å². The summed E-state index contributed by atoms with van der Waals surface area (Å²) in [5, 5.41) is 12.7. The zero-order valence-electron chi connectivity index (χ0n) is 14.5. The van der Waals surface area contributed by atoms with Crippen LogP contribution in [0, 0.1) is 13.8 Å². The summed E-state index contributed by atoms with van der Waals surface area (Å²) < 4.78 is 0. The minimum Gasteiger partial charge on any atom is -0.507 e. The average Bonchev–Trinajstić information content (AvgIpc) is 2.63. The van der Waals surface area contributed by atoms with Crippen LogP contribution in [0.3, 0.4) is 0 Å². The molecule has 25 heavy (non-hydrogen) atoms. The topological polar surface area (TPSA) is 20.2 Å². The van der Waals surface area contributed by atoms with Gasteiger partial charge in [0.1, 0.15) is 5.75 Å². The van der Waals surface area contributed by atoms with Gasteiger partial charge in [-0.3, -0.25) is 0 Å². The van der Waals surface area contributed by atoms with Crippen LogP contribution in [-0.4, -0.2) is 5.11 Å². The summed E-state index contributed by atoms with van der Waals surface area (Å²) in [6.07, 6.45) is 0. The molecule has 0 saturated heterocycles. The van der Waals surface area contributed by atoms with E-state index in [-0.39, 0.29) is 0 Å². The molecule has 0 saturated carbocycles. The zero-order chi connectivity index (χ0) is 17.4. The van der Waals surface area contributed by atoms with E-state index in [0.29, 0.717) is 5.75 Å². The van der Waals surface area contributed by atoms with Crippen LogP contribution in [0.15, 0.2) is 78.9 Å². The van der Waals surface area contributed by atoms with E-state index in [4.69, 9.17) is 0 Å². The molecule has 0 aliphatic rings. The number of aryl methyl sites for hydroxylation is 2. The summed E-state index contributed by atoms with van der Waals surface area (Å²) in [6, 6.07) is 26.8. The molecule has 0 heterocycles. The number of phenols is 1. The van der Waals surface area contributed by atoms with Gasteiger partial charge in [0.15, 0.2) is 0 Å². The lowest BCUT2D eigenvalue weighted by Gasteiger charge is -2.14. The second-order valence-electron chi connectivity index (χ2n) is 6.53. The number of phenolic OH excluding ortho intramolecular Hbond substituents is 1. The van der Waals surface area contributed by atoms with Crippen molar-refractivity contribution in [3.63, 3.8) is 0 Å². The maximum absolute atomic E-state index is 10.5. The molecule has 4 rings (SSSR count). The molecule has 4 aromatic carbocycles. The Morgan fingerprint density at radius 2 is 1.40 bits per heavy atom. The molecule has 0 bridgehead atoms. The summed E-state index contributed by atoms with van der Waals surface area (Å²) in [5.41, 5.74) is 6.87. The van der Waals surface area contributed by atoms with E-state index in [2.05, 4.69) is 68.4 Å². The number of hydrogen-bond acceptors (Lipinski definition) is 1. The maximum Gasteiger partial charge on any atom is 0.124 e. The van der Waals surface area contributed by atoms with Gasteiger partial charge in [-0.05, 0) is 58.5 Å². The van der Waals surface area contributed by atoms with E-state index in [1.807, 2.05) is 18.2 Å². The fourth-order valence-electron chi connectivity index (χ4n) is 3.55. The molecule has 0 amide bonds. The van der Waals surface area contributed by atoms with Crippen molar-refractivity contribution in [3.8, 4) is 28.0 Å². The van der Waals surface area contributed by atoms with Crippen molar-refractivity contribution in [2.24, 2.45) is 0 Å². The van der Waals surface area contributed by atoms with Gasteiger partial charge < -0.3 is 5.11 Å². The standard InChI is InChI=1S/C24H20O/c1-16-7-3-5-9-20(16)19-11-13-21(17(2)15-19)24-22-10-6-4-8-18(22)12-14-23(24)25/h3-15,25H,1-2H3. The van der Waals surface area contributed by atoms with Crippen molar-refractivity contribution in [3.05, 3.63) is 90.0 Å². The number of rotatable bonds is 2. The molecule has 122 valence electrons. The summed E-state index contributed by atoms with van der Waals surface area (Å²) in [5.74, 6) is 0.324. The molecule has 0 atom stereocenters. The van der Waals surface area contributed by atoms with Gasteiger partial charge in [0.05, 0.1) is 0 Å². The second-order valence-corrected chi connectivity index (χ2v) is 6.53. The molecular weight excluding hydrogens is 304 g/mol. The van der Waals surface area contributed by atoms with Gasteiger partial charge in [0.2, 0.25) is 0 Å². The minimum atomic E-state index is 0.324. The van der Waals surface area contributed by atoms with Gasteiger partial charge in [-0.15, -0.1) is 0 Å². The van der Waals surface area contributed by atoms with Gasteiger partial charge >= 0.3 is 0 Å². The predicted molar refractivity (Wildman–Crippen MR) is 106 cm³/mol. The highest BCUT2D eigenvalue weighted by atomic mass is 16.3. The van der Waals surface area contributed by atoms with E-state index in [1.54, 1.807) is 6.07 Å². The Hall–Kier alpha value is -3.06. The van der Waals surface area contributed by atoms with Crippen LogP contribution >= 0.6 is 0 Å². The monoisotopic (exact) mass is 324 g/mol. The summed E-state index contributed by atoms with van der Waals surface area (Å²) >= 11 is 0. The number of benzene rings is 4. The van der Waals surface area contributed by atoms with Gasteiger partial charge in [0.25, 0.3) is 0 Å². The third-order valence-electron chi connectivity index (χ3n) is 4.86. The highest BCUT2D eigenvalue weighted by molar-refractivity contribution is 6.00. The Kier molecular flexibility index (Phi) is 3.77. The van der Waals surface area contributed by atoms with E-state index in [1.165, 1.54) is 16.7 Å². The Bertz CT molecular complexity index is 1080. The number of hydrogen-bond donors (Lipinski definition) is 1. The molecule has 0 aliphatic carbocycles. The van der Waals surface area contributed by atoms with E-state index < -0.39 is 0 Å². The third kappa shape index (κ3) is 2.68. The lowest BCUT2D eigenvalue weighted by molar-refractivity contribution is 0.478. The average molecular weight is 324 g/mol. The second kappa shape index (κ2) is 6.10. The van der Waals surface area contributed by atoms with Gasteiger partial charge in [-0.25, -0.2) is 0 Å². The smallest absolute Gasteiger partial charge is 0.124 e. The fraction of sp³-hybridized carbons (Fsp3) is 0.0833. The van der Waals surface area contributed by atoms with Crippen LogP contribution in [0.4, 0.5) is 0 Å². The Morgan fingerprint density at radius 1 is 0.640 bits per heavy atom. The summed E-state index contributed by atoms with van der Waals surface area (Å²) in [4.78, 5) is 0. The Labute approximate surface area is 148 Å². The first-order valence-electron chi connectivity index (χ1n) is 8.53. The lowest BCUT2D eigenvalue weighted by atomic mass is 9.91. The van der Waals surface area contributed by atoms with Crippen molar-refractivity contribution < 1.29 is 5.11 Å². The molecule has 0 fully saturated rings. The molecule has 0 spiro atoms. The van der Waals surface area contributed by atoms with Gasteiger partial charge in [0, 0.05) is 5.56 Å². The van der Waals surface area contributed by atoms with E-state index in [0.717, 1.165) is 27.5 Å². The van der Waals surface area contributed by atoms with Crippen molar-refractivity contribution in [2.45, 2.75) is 13.8 Å². The van der Waals surface area contributed by atoms with Crippen LogP contribution in [0.2, 0.25) is 0 Å². The van der Waals surface area contributed by atoms with Crippen LogP contribution < -0.4 is 0 Å². The summed E-state index contributed by atoms with van der Waals surface area (Å²) in [7, 11) is 0. The first-order chi connectivity index (χ1) is 12.1. The van der Waals surface area contributed by atoms with Crippen LogP contribution in [0.1, 0.15) is 11.1 Å². The SMILES string of the molecule is Cc1ccccc1-c1ccc(-c2c(O)ccc3ccccc23)c(C)c1. The molecule has 0 aromatic heterocycles. The first kappa shape index (κ1) is 15.5. The van der Waals surface area contributed by atoms with Crippen LogP contribution in [-0.2, 0) is 0 Å². The van der Waals surface area contributed by atoms with Crippen molar-refractivity contribution >= 4 is 10.8 Å². The minimum absolute atomic E-state index is 0.324. The molecule has 1 heteroatoms. The molecular formula is C24H20O. The maximum atomic E-state index is 10.5. The molecule has 0 radical (unpaired) electrons. The molecule has 1 N–H and O–H groups in total. The summed E-state index contributed by atoms with van der Waals surface area (Å²) in [6.45, 7) is 4.24. The Morgan fingerprint density at radius 3 is 2.20 bits per heavy atom. The van der Waals surface area contributed by atoms with Crippen molar-refractivity contribution in [1.29, 1.82) is 0 Å². The molecule has 4 aromatic rings. The largest absolute Gasteiger partial charge is 0.507 e.